The summed E-state index contributed by atoms with van der Waals surface area (Å²) in [5.74, 6) is 7.53. The molecule has 8 heteroatoms. The van der Waals surface area contributed by atoms with Crippen molar-refractivity contribution in [1.29, 1.82) is 0 Å². The number of fused-ring (bicyclic) bond motifs is 2. The van der Waals surface area contributed by atoms with Crippen LogP contribution in [0.15, 0.2) is 0 Å². The van der Waals surface area contributed by atoms with Gasteiger partial charge in [-0.1, -0.05) is 55.4 Å². The zero-order valence-corrected chi connectivity index (χ0v) is 30.2. The Morgan fingerprint density at radius 1 is 0.805 bits per heavy atom. The molecule has 236 valence electrons. The van der Waals surface area contributed by atoms with Crippen LogP contribution in [0.2, 0.25) is 0 Å². The summed E-state index contributed by atoms with van der Waals surface area (Å²) in [5, 5.41) is 1.32. The van der Waals surface area contributed by atoms with E-state index in [1.54, 1.807) is 0 Å². The van der Waals surface area contributed by atoms with Crippen LogP contribution in [0.5, 0.6) is 0 Å². The van der Waals surface area contributed by atoms with Crippen molar-refractivity contribution in [2.45, 2.75) is 123 Å². The molecule has 3 aliphatic carbocycles. The molecule has 1 heterocycles. The highest BCUT2D eigenvalue weighted by molar-refractivity contribution is 8.09. The summed E-state index contributed by atoms with van der Waals surface area (Å²) in [6, 6.07) is 0. The normalized spacial score (nSPS) is 39.1. The smallest absolute Gasteiger partial charge is 0.306 e. The average molecular weight is 645 g/mol. The van der Waals surface area contributed by atoms with Crippen LogP contribution in [-0.2, 0) is 19.1 Å². The van der Waals surface area contributed by atoms with Gasteiger partial charge < -0.3 is 9.47 Å². The lowest BCUT2D eigenvalue weighted by Crippen LogP contribution is -2.40. The third-order valence-corrected chi connectivity index (χ3v) is 18.4. The lowest BCUT2D eigenvalue weighted by Gasteiger charge is -2.42. The molecule has 4 fully saturated rings. The highest BCUT2D eigenvalue weighted by Crippen LogP contribution is 2.66. The Balaban J connectivity index is 1.03. The number of hydrogen-bond donors (Lipinski definition) is 0. The molecule has 4 nitrogen and oxygen atoms in total. The van der Waals surface area contributed by atoms with Crippen LogP contribution in [0, 0.1) is 33.5 Å². The van der Waals surface area contributed by atoms with Gasteiger partial charge in [0.25, 0.3) is 0 Å². The second-order valence-electron chi connectivity index (χ2n) is 14.8. The summed E-state index contributed by atoms with van der Waals surface area (Å²) in [7, 11) is 0. The van der Waals surface area contributed by atoms with E-state index in [0.717, 1.165) is 42.3 Å². The second-order valence-corrected chi connectivity index (χ2v) is 19.7. The predicted molar refractivity (Wildman–Crippen MR) is 181 cm³/mol. The molecule has 0 spiro atoms. The van der Waals surface area contributed by atoms with E-state index in [4.69, 9.17) is 9.47 Å². The highest BCUT2D eigenvalue weighted by Gasteiger charge is 2.63. The van der Waals surface area contributed by atoms with Gasteiger partial charge in [0.05, 0.1) is 12.8 Å². The molecule has 0 aromatic heterocycles. The third-order valence-electron chi connectivity index (χ3n) is 12.5. The monoisotopic (exact) mass is 644 g/mol. The minimum Gasteiger partial charge on any atom is -0.462 e. The molecule has 2 bridgehead atoms. The minimum absolute atomic E-state index is 0.000242. The van der Waals surface area contributed by atoms with E-state index in [1.807, 2.05) is 23.5 Å². The molecule has 4 rings (SSSR count). The average Bonchev–Trinajstić information content (AvgIpc) is 3.34. The largest absolute Gasteiger partial charge is 0.462 e. The van der Waals surface area contributed by atoms with E-state index in [-0.39, 0.29) is 45.8 Å². The lowest BCUT2D eigenvalue weighted by molar-refractivity contribution is -0.157. The highest BCUT2D eigenvalue weighted by atomic mass is 32.2. The zero-order valence-electron chi connectivity index (χ0n) is 26.9. The first-order valence-corrected chi connectivity index (χ1v) is 20.4. The summed E-state index contributed by atoms with van der Waals surface area (Å²) in [4.78, 5) is 25.2. The van der Waals surface area contributed by atoms with Gasteiger partial charge in [0.2, 0.25) is 0 Å². The molecular weight excluding hydrogens is 589 g/mol. The first-order valence-electron chi connectivity index (χ1n) is 16.0. The Morgan fingerprint density at radius 3 is 1.78 bits per heavy atom. The van der Waals surface area contributed by atoms with Gasteiger partial charge in [-0.25, -0.2) is 0 Å². The maximum Gasteiger partial charge on any atom is 0.306 e. The van der Waals surface area contributed by atoms with E-state index in [9.17, 15) is 9.59 Å². The van der Waals surface area contributed by atoms with E-state index >= 15 is 0 Å². The first kappa shape index (κ1) is 34.2. The van der Waals surface area contributed by atoms with Gasteiger partial charge in [0, 0.05) is 55.8 Å². The Kier molecular flexibility index (Phi) is 11.5. The van der Waals surface area contributed by atoms with Crippen LogP contribution in [0.25, 0.3) is 0 Å². The van der Waals surface area contributed by atoms with Gasteiger partial charge >= 0.3 is 11.9 Å². The van der Waals surface area contributed by atoms with Crippen molar-refractivity contribution >= 4 is 59.0 Å². The summed E-state index contributed by atoms with van der Waals surface area (Å²) < 4.78 is 12.1. The fraction of sp³-hybridized carbons (Fsp3) is 0.939. The van der Waals surface area contributed by atoms with Crippen molar-refractivity contribution in [3.63, 3.8) is 0 Å². The van der Waals surface area contributed by atoms with Crippen LogP contribution in [0.3, 0.4) is 0 Å². The Bertz CT molecular complexity index is 917. The van der Waals surface area contributed by atoms with Crippen molar-refractivity contribution in [2.75, 3.05) is 34.5 Å². The van der Waals surface area contributed by atoms with E-state index in [1.165, 1.54) is 24.3 Å². The van der Waals surface area contributed by atoms with E-state index in [2.05, 4.69) is 78.9 Å². The topological polar surface area (TPSA) is 52.6 Å². The third kappa shape index (κ3) is 7.11. The molecular formula is C33H56O4S4. The second kappa shape index (κ2) is 13.8. The quantitative estimate of drug-likeness (QED) is 0.146. The van der Waals surface area contributed by atoms with Gasteiger partial charge in [-0.2, -0.15) is 47.0 Å². The number of ether oxygens (including phenoxy) is 2. The molecule has 1 saturated heterocycles. The maximum atomic E-state index is 12.7. The molecule has 0 aromatic rings. The Morgan fingerprint density at radius 2 is 1.34 bits per heavy atom. The van der Waals surface area contributed by atoms with Crippen LogP contribution in [0.1, 0.15) is 100 Å². The van der Waals surface area contributed by atoms with Gasteiger partial charge in [-0.15, -0.1) is 0 Å². The number of carbonyl (C=O) groups excluding carboxylic acids is 2. The maximum absolute atomic E-state index is 12.7. The van der Waals surface area contributed by atoms with Crippen molar-refractivity contribution in [3.8, 4) is 0 Å². The number of thioether (sulfide) groups is 4. The van der Waals surface area contributed by atoms with Crippen LogP contribution >= 0.6 is 47.0 Å². The summed E-state index contributed by atoms with van der Waals surface area (Å²) in [6.45, 7) is 18.6. The van der Waals surface area contributed by atoms with Crippen molar-refractivity contribution in [2.24, 2.45) is 33.5 Å². The summed E-state index contributed by atoms with van der Waals surface area (Å²) in [6.07, 6.45) is 6.75. The lowest BCUT2D eigenvalue weighted by atomic mass is 9.64. The van der Waals surface area contributed by atoms with Crippen LogP contribution in [0.4, 0.5) is 0 Å². The molecule has 0 amide bonds. The van der Waals surface area contributed by atoms with Crippen molar-refractivity contribution in [3.05, 3.63) is 0 Å². The SMILES string of the molecule is CCC1(C)C(OC(=O)CCSCC2CSC(CSCCC(=O)OC3CC4CCC3(C)C4(C)C)CS2)CC(C)C1(C)C. The van der Waals surface area contributed by atoms with Gasteiger partial charge in [0.15, 0.2) is 0 Å². The molecule has 0 aromatic carbocycles. The minimum atomic E-state index is -0.0211. The van der Waals surface area contributed by atoms with E-state index < -0.39 is 0 Å². The predicted octanol–water partition coefficient (Wildman–Crippen LogP) is 8.60. The number of esters is 2. The van der Waals surface area contributed by atoms with Crippen LogP contribution in [-0.4, -0.2) is 69.2 Å². The summed E-state index contributed by atoms with van der Waals surface area (Å²) in [5.41, 5.74) is 0.670. The molecule has 4 aliphatic rings. The Hall–Kier alpha value is 0.340. The van der Waals surface area contributed by atoms with Crippen molar-refractivity contribution in [1.82, 2.24) is 0 Å². The molecule has 0 N–H and O–H groups in total. The molecule has 3 saturated carbocycles. The molecule has 0 radical (unpaired) electrons. The molecule has 1 aliphatic heterocycles. The van der Waals surface area contributed by atoms with Crippen LogP contribution < -0.4 is 0 Å². The fourth-order valence-corrected chi connectivity index (χ4v) is 13.8. The van der Waals surface area contributed by atoms with E-state index in [0.29, 0.717) is 35.2 Å². The fourth-order valence-electron chi connectivity index (χ4n) is 7.97. The van der Waals surface area contributed by atoms with Gasteiger partial charge in [0.1, 0.15) is 12.2 Å². The zero-order chi connectivity index (χ0) is 30.1. The summed E-state index contributed by atoms with van der Waals surface area (Å²) >= 11 is 7.99. The molecule has 8 unspecified atom stereocenters. The number of rotatable bonds is 13. The van der Waals surface area contributed by atoms with Gasteiger partial charge in [-0.05, 0) is 54.8 Å². The Labute approximate surface area is 267 Å². The number of carbonyl (C=O) groups is 2. The first-order chi connectivity index (χ1) is 19.2. The number of hydrogen-bond acceptors (Lipinski definition) is 8. The molecule has 41 heavy (non-hydrogen) atoms. The molecule has 8 atom stereocenters. The standard InChI is InChI=1S/C33H56O4S4/c1-9-32(7)26(16-22(2)30(32,3)4)36-28(34)11-14-38-18-24-20-41-25(21-40-24)19-39-15-12-29(35)37-27-17-23-10-13-33(27,8)31(23,5)6/h22-27H,9-21H2,1-8H3. The van der Waals surface area contributed by atoms with Gasteiger partial charge in [-0.3, -0.25) is 9.59 Å². The van der Waals surface area contributed by atoms with Crippen molar-refractivity contribution < 1.29 is 19.1 Å².